The number of halogens is 4. The van der Waals surface area contributed by atoms with Crippen LogP contribution in [-0.4, -0.2) is 56.4 Å². The van der Waals surface area contributed by atoms with Crippen molar-refractivity contribution in [1.82, 2.24) is 0 Å². The molecule has 0 aliphatic heterocycles. The van der Waals surface area contributed by atoms with Gasteiger partial charge >= 0.3 is 152 Å². The van der Waals surface area contributed by atoms with Crippen molar-refractivity contribution in [3.8, 4) is 0 Å². The van der Waals surface area contributed by atoms with Gasteiger partial charge in [-0.05, 0) is 0 Å². The summed E-state index contributed by atoms with van der Waals surface area (Å²) in [4.78, 5) is 0. The standard InChI is InChI=1S/C10H16As2.Cl3Ge.ClGe/c1-11(2)9-7-5-6-8-10(9)12(3)4;1-4(2)3;1-2/h5-8H,1-4H3;;/q+2;;. The van der Waals surface area contributed by atoms with Gasteiger partial charge in [0.15, 0.2) is 0 Å². The van der Waals surface area contributed by atoms with E-state index in [4.69, 9.17) is 30.0 Å². The molecule has 0 aromatic heterocycles. The van der Waals surface area contributed by atoms with Gasteiger partial charge in [-0.1, -0.05) is 0 Å². The van der Waals surface area contributed by atoms with Crippen molar-refractivity contribution < 1.29 is 0 Å². The first-order valence-electron chi connectivity index (χ1n) is 4.82. The average molecular weight is 573 g/mol. The van der Waals surface area contributed by atoms with E-state index < -0.39 is 40.9 Å². The summed E-state index contributed by atoms with van der Waals surface area (Å²) < 4.78 is 3.41. The second-order valence-corrected chi connectivity index (χ2v) is 22.8. The van der Waals surface area contributed by atoms with E-state index >= 15 is 0 Å². The second-order valence-electron chi connectivity index (χ2n) is 3.49. The van der Waals surface area contributed by atoms with Crippen LogP contribution in [-0.2, 0) is 0 Å². The van der Waals surface area contributed by atoms with Crippen LogP contribution in [0.4, 0.5) is 0 Å². The minimum absolute atomic E-state index is 0.651. The number of benzene rings is 1. The van der Waals surface area contributed by atoms with E-state index in [1.807, 2.05) is 0 Å². The van der Waals surface area contributed by atoms with Gasteiger partial charge in [0.05, 0.1) is 0 Å². The van der Waals surface area contributed by atoms with Crippen LogP contribution in [0.2, 0.25) is 22.8 Å². The van der Waals surface area contributed by atoms with Gasteiger partial charge in [-0.3, -0.25) is 0 Å². The molecular weight excluding hydrogens is 557 g/mol. The van der Waals surface area contributed by atoms with Gasteiger partial charge in [0.1, 0.15) is 0 Å². The summed E-state index contributed by atoms with van der Waals surface area (Å²) in [5.41, 5.74) is 9.68. The van der Waals surface area contributed by atoms with E-state index in [0.717, 1.165) is 0 Å². The first-order chi connectivity index (χ1) is 8.36. The van der Waals surface area contributed by atoms with Crippen molar-refractivity contribution in [2.75, 3.05) is 0 Å². The zero-order valence-corrected chi connectivity index (χ0v) is 21.7. The van der Waals surface area contributed by atoms with Crippen LogP contribution in [0.15, 0.2) is 24.3 Å². The van der Waals surface area contributed by atoms with E-state index in [1.54, 1.807) is 8.70 Å². The van der Waals surface area contributed by atoms with E-state index in [2.05, 4.69) is 57.1 Å². The molecule has 1 aromatic rings. The molecule has 0 N–H and O–H groups in total. The van der Waals surface area contributed by atoms with Gasteiger partial charge in [-0.25, -0.2) is 0 Å². The Morgan fingerprint density at radius 3 is 1.22 bits per heavy atom. The summed E-state index contributed by atoms with van der Waals surface area (Å²) in [7, 11) is 19.6. The van der Waals surface area contributed by atoms with Crippen molar-refractivity contribution in [3.05, 3.63) is 24.3 Å². The van der Waals surface area contributed by atoms with Crippen molar-refractivity contribution in [2.24, 2.45) is 0 Å². The molecule has 0 heterocycles. The van der Waals surface area contributed by atoms with Gasteiger partial charge in [-0.15, -0.1) is 0 Å². The molecular formula is C10H16As2Cl4Ge2+2. The Kier molecular flexibility index (Phi) is 18.4. The van der Waals surface area contributed by atoms with Crippen molar-refractivity contribution in [2.45, 2.75) is 22.8 Å². The third-order valence-corrected chi connectivity index (χ3v) is 8.36. The Morgan fingerprint density at radius 2 is 1.06 bits per heavy atom. The Bertz CT molecular complexity index is 282. The van der Waals surface area contributed by atoms with Gasteiger partial charge in [-0.2, -0.15) is 0 Å². The molecule has 0 unspecified atom stereocenters. The molecule has 0 atom stereocenters. The zero-order chi connectivity index (χ0) is 14.7. The van der Waals surface area contributed by atoms with Crippen LogP contribution in [0, 0.1) is 0 Å². The molecule has 0 aliphatic carbocycles. The molecule has 1 aromatic carbocycles. The normalized spacial score (nSPS) is 9.78. The molecule has 0 bridgehead atoms. The summed E-state index contributed by atoms with van der Waals surface area (Å²) in [6.45, 7) is 0. The van der Waals surface area contributed by atoms with Crippen LogP contribution in [0.25, 0.3) is 0 Å². The summed E-state index contributed by atoms with van der Waals surface area (Å²) in [5, 5.41) is 0. The molecule has 0 saturated carbocycles. The van der Waals surface area contributed by atoms with Gasteiger partial charge < -0.3 is 0 Å². The monoisotopic (exact) mass is 574 g/mol. The molecule has 0 aliphatic rings. The van der Waals surface area contributed by atoms with E-state index in [1.165, 1.54) is 15.6 Å². The molecule has 0 fully saturated rings. The van der Waals surface area contributed by atoms with E-state index in [0.29, 0.717) is 0 Å². The van der Waals surface area contributed by atoms with Crippen molar-refractivity contribution >= 4 is 105 Å². The second kappa shape index (κ2) is 14.5. The molecule has 0 saturated heterocycles. The van der Waals surface area contributed by atoms with Crippen LogP contribution >= 0.6 is 40.0 Å². The van der Waals surface area contributed by atoms with Crippen molar-refractivity contribution in [3.63, 3.8) is 0 Å². The first kappa shape index (κ1) is 22.9. The molecule has 0 nitrogen and oxygen atoms in total. The van der Waals surface area contributed by atoms with E-state index in [9.17, 15) is 0 Å². The quantitative estimate of drug-likeness (QED) is 0.475. The minimum atomic E-state index is -1.92. The predicted octanol–water partition coefficient (Wildman–Crippen LogP) is 3.61. The number of hydrogen-bond acceptors (Lipinski definition) is 0. The Balaban J connectivity index is 0. The third kappa shape index (κ3) is 12.3. The molecule has 100 valence electrons. The van der Waals surface area contributed by atoms with Gasteiger partial charge in [0, 0.05) is 0 Å². The summed E-state index contributed by atoms with van der Waals surface area (Å²) in [6, 6.07) is 9.05. The van der Waals surface area contributed by atoms with Gasteiger partial charge in [0.25, 0.3) is 0 Å². The molecule has 1 rings (SSSR count). The molecule has 8 heteroatoms. The number of rotatable bonds is 2. The first-order valence-corrected chi connectivity index (χ1v) is 25.2. The summed E-state index contributed by atoms with van der Waals surface area (Å²) in [5.74, 6) is 0. The maximum absolute atomic E-state index is 4.97. The fraction of sp³-hybridized carbons (Fsp3) is 0.400. The molecule has 0 spiro atoms. The Labute approximate surface area is 150 Å². The molecule has 18 heavy (non-hydrogen) atoms. The number of hydrogen-bond donors (Lipinski definition) is 0. The Hall–Kier alpha value is 2.58. The topological polar surface area (TPSA) is 0 Å². The van der Waals surface area contributed by atoms with Crippen molar-refractivity contribution in [1.29, 1.82) is 0 Å². The van der Waals surface area contributed by atoms with Gasteiger partial charge in [0.2, 0.25) is 0 Å². The van der Waals surface area contributed by atoms with Crippen LogP contribution in [0.5, 0.6) is 0 Å². The average Bonchev–Trinajstić information content (AvgIpc) is 2.30. The van der Waals surface area contributed by atoms with Crippen LogP contribution in [0.3, 0.4) is 0 Å². The maximum atomic E-state index is 4.97. The molecule has 0 amide bonds. The fourth-order valence-corrected chi connectivity index (χ4v) is 9.43. The Morgan fingerprint density at radius 1 is 0.833 bits per heavy atom. The summed E-state index contributed by atoms with van der Waals surface area (Å²) >= 11 is -1.75. The molecule has 6 radical (unpaired) electrons. The SMILES string of the molecule is C[As+](C)c1ccccc1[As+](C)C.[Cl][Ge].[Cl][Ge]([Cl])[Cl]. The third-order valence-electron chi connectivity index (χ3n) is 1.85. The summed E-state index contributed by atoms with van der Waals surface area (Å²) in [6.07, 6.45) is 0. The van der Waals surface area contributed by atoms with E-state index in [-0.39, 0.29) is 0 Å². The zero-order valence-electron chi connectivity index (χ0n) is 10.7. The van der Waals surface area contributed by atoms with Crippen LogP contribution in [0.1, 0.15) is 0 Å². The fourth-order valence-electron chi connectivity index (χ4n) is 1.22. The van der Waals surface area contributed by atoms with Crippen LogP contribution < -0.4 is 8.70 Å². The predicted molar refractivity (Wildman–Crippen MR) is 95.6 cm³/mol.